The minimum Gasteiger partial charge on any atom is -0.497 e. The Balaban J connectivity index is 1.96. The molecule has 0 spiro atoms. The monoisotopic (exact) mass is 254 g/mol. The molecule has 0 bridgehead atoms. The van der Waals surface area contributed by atoms with Crippen LogP contribution in [0.25, 0.3) is 5.65 Å². The average molecular weight is 254 g/mol. The zero-order chi connectivity index (χ0) is 13.2. The van der Waals surface area contributed by atoms with Gasteiger partial charge in [-0.15, -0.1) is 10.2 Å². The van der Waals surface area contributed by atoms with Crippen molar-refractivity contribution in [3.05, 3.63) is 54.0 Å². The van der Waals surface area contributed by atoms with E-state index < -0.39 is 0 Å². The van der Waals surface area contributed by atoms with Crippen molar-refractivity contribution >= 4 is 11.3 Å². The standard InChI is InChI=1S/C14H14N4O/c1-19-12-4-2-3-10(7-12)8-13-16-17-14-9-11(15)5-6-18(13)14/h2-7,9H,8,15H2,1H3. The van der Waals surface area contributed by atoms with Gasteiger partial charge in [-0.25, -0.2) is 0 Å². The van der Waals surface area contributed by atoms with E-state index in [4.69, 9.17) is 10.5 Å². The number of nitrogen functional groups attached to an aromatic ring is 1. The van der Waals surface area contributed by atoms with Gasteiger partial charge in [-0.05, 0) is 23.8 Å². The minimum absolute atomic E-state index is 0.688. The molecule has 0 aliphatic heterocycles. The second-order valence-electron chi connectivity index (χ2n) is 4.33. The summed E-state index contributed by atoms with van der Waals surface area (Å²) in [4.78, 5) is 0. The van der Waals surface area contributed by atoms with Crippen LogP contribution in [-0.4, -0.2) is 21.7 Å². The van der Waals surface area contributed by atoms with Crippen molar-refractivity contribution < 1.29 is 4.74 Å². The van der Waals surface area contributed by atoms with Gasteiger partial charge in [-0.1, -0.05) is 12.1 Å². The molecular formula is C14H14N4O. The second-order valence-corrected chi connectivity index (χ2v) is 4.33. The Morgan fingerprint density at radius 1 is 1.21 bits per heavy atom. The quantitative estimate of drug-likeness (QED) is 0.775. The van der Waals surface area contributed by atoms with Crippen LogP contribution in [0.1, 0.15) is 11.4 Å². The molecule has 0 aliphatic carbocycles. The zero-order valence-corrected chi connectivity index (χ0v) is 10.6. The van der Waals surface area contributed by atoms with Gasteiger partial charge in [0.1, 0.15) is 11.6 Å². The van der Waals surface area contributed by atoms with Gasteiger partial charge in [-0.3, -0.25) is 4.40 Å². The number of hydrogen-bond acceptors (Lipinski definition) is 4. The molecule has 19 heavy (non-hydrogen) atoms. The van der Waals surface area contributed by atoms with Crippen molar-refractivity contribution in [2.45, 2.75) is 6.42 Å². The number of ether oxygens (including phenoxy) is 1. The maximum atomic E-state index is 5.73. The summed E-state index contributed by atoms with van der Waals surface area (Å²) in [5.41, 5.74) is 8.31. The highest BCUT2D eigenvalue weighted by atomic mass is 16.5. The fourth-order valence-electron chi connectivity index (χ4n) is 2.04. The summed E-state index contributed by atoms with van der Waals surface area (Å²) >= 11 is 0. The summed E-state index contributed by atoms with van der Waals surface area (Å²) < 4.78 is 7.16. The number of hydrogen-bond donors (Lipinski definition) is 1. The van der Waals surface area contributed by atoms with Crippen molar-refractivity contribution in [2.75, 3.05) is 12.8 Å². The molecule has 0 fully saturated rings. The number of fused-ring (bicyclic) bond motifs is 1. The van der Waals surface area contributed by atoms with Crippen LogP contribution >= 0.6 is 0 Å². The first-order chi connectivity index (χ1) is 9.26. The number of anilines is 1. The first-order valence-corrected chi connectivity index (χ1v) is 5.98. The lowest BCUT2D eigenvalue weighted by Gasteiger charge is -2.04. The number of aromatic nitrogens is 3. The third-order valence-corrected chi connectivity index (χ3v) is 3.00. The van der Waals surface area contributed by atoms with Crippen molar-refractivity contribution in [3.8, 4) is 5.75 Å². The highest BCUT2D eigenvalue weighted by Crippen LogP contribution is 2.16. The molecule has 5 nitrogen and oxygen atoms in total. The molecule has 0 radical (unpaired) electrons. The van der Waals surface area contributed by atoms with E-state index in [1.54, 1.807) is 7.11 Å². The molecule has 0 saturated heterocycles. The van der Waals surface area contributed by atoms with Crippen LogP contribution in [0.15, 0.2) is 42.6 Å². The van der Waals surface area contributed by atoms with Gasteiger partial charge in [0.05, 0.1) is 7.11 Å². The van der Waals surface area contributed by atoms with E-state index in [1.807, 2.05) is 47.0 Å². The Labute approximate surface area is 110 Å². The van der Waals surface area contributed by atoms with E-state index in [1.165, 1.54) is 0 Å². The van der Waals surface area contributed by atoms with Gasteiger partial charge in [0.25, 0.3) is 0 Å². The van der Waals surface area contributed by atoms with Crippen LogP contribution in [0.4, 0.5) is 5.69 Å². The molecule has 2 N–H and O–H groups in total. The summed E-state index contributed by atoms with van der Waals surface area (Å²) in [7, 11) is 1.66. The molecule has 3 rings (SSSR count). The Hall–Kier alpha value is -2.56. The van der Waals surface area contributed by atoms with Gasteiger partial charge in [0.2, 0.25) is 0 Å². The molecule has 3 aromatic rings. The van der Waals surface area contributed by atoms with Gasteiger partial charge < -0.3 is 10.5 Å². The summed E-state index contributed by atoms with van der Waals surface area (Å²) in [6.45, 7) is 0. The van der Waals surface area contributed by atoms with E-state index in [0.717, 1.165) is 22.8 Å². The summed E-state index contributed by atoms with van der Waals surface area (Å²) in [5.74, 6) is 1.72. The van der Waals surface area contributed by atoms with E-state index in [2.05, 4.69) is 10.2 Å². The molecule has 2 aromatic heterocycles. The second kappa shape index (κ2) is 4.61. The number of benzene rings is 1. The van der Waals surface area contributed by atoms with E-state index in [0.29, 0.717) is 12.1 Å². The predicted octanol–water partition coefficient (Wildman–Crippen LogP) is 1.91. The lowest BCUT2D eigenvalue weighted by atomic mass is 10.1. The van der Waals surface area contributed by atoms with Crippen molar-refractivity contribution in [1.29, 1.82) is 0 Å². The maximum absolute atomic E-state index is 5.73. The Bertz CT molecular complexity index is 720. The van der Waals surface area contributed by atoms with Gasteiger partial charge in [0.15, 0.2) is 5.65 Å². The van der Waals surface area contributed by atoms with Gasteiger partial charge >= 0.3 is 0 Å². The number of nitrogens with two attached hydrogens (primary N) is 1. The summed E-state index contributed by atoms with van der Waals surface area (Å²) in [6.07, 6.45) is 2.59. The van der Waals surface area contributed by atoms with Crippen LogP contribution < -0.4 is 10.5 Å². The zero-order valence-electron chi connectivity index (χ0n) is 10.6. The number of methoxy groups -OCH3 is 1. The van der Waals surface area contributed by atoms with Crippen LogP contribution in [0.2, 0.25) is 0 Å². The predicted molar refractivity (Wildman–Crippen MR) is 73.2 cm³/mol. The normalized spacial score (nSPS) is 10.8. The highest BCUT2D eigenvalue weighted by molar-refractivity contribution is 5.51. The third kappa shape index (κ3) is 2.22. The van der Waals surface area contributed by atoms with Crippen LogP contribution in [0.3, 0.4) is 0 Å². The summed E-state index contributed by atoms with van der Waals surface area (Å²) in [6, 6.07) is 11.6. The Morgan fingerprint density at radius 3 is 2.95 bits per heavy atom. The van der Waals surface area contributed by atoms with E-state index in [9.17, 15) is 0 Å². The average Bonchev–Trinajstić information content (AvgIpc) is 2.81. The molecule has 0 amide bonds. The minimum atomic E-state index is 0.688. The summed E-state index contributed by atoms with van der Waals surface area (Å²) in [5, 5.41) is 8.32. The molecule has 96 valence electrons. The van der Waals surface area contributed by atoms with Crippen molar-refractivity contribution in [3.63, 3.8) is 0 Å². The lowest BCUT2D eigenvalue weighted by molar-refractivity contribution is 0.414. The Morgan fingerprint density at radius 2 is 2.11 bits per heavy atom. The number of pyridine rings is 1. The molecular weight excluding hydrogens is 240 g/mol. The number of rotatable bonds is 3. The molecule has 0 atom stereocenters. The maximum Gasteiger partial charge on any atom is 0.162 e. The van der Waals surface area contributed by atoms with Crippen molar-refractivity contribution in [1.82, 2.24) is 14.6 Å². The third-order valence-electron chi connectivity index (χ3n) is 3.00. The SMILES string of the molecule is COc1cccc(Cc2nnc3cc(N)ccn23)c1. The molecule has 1 aromatic carbocycles. The molecule has 0 unspecified atom stereocenters. The van der Waals surface area contributed by atoms with Crippen LogP contribution in [-0.2, 0) is 6.42 Å². The molecule has 2 heterocycles. The smallest absolute Gasteiger partial charge is 0.162 e. The van der Waals surface area contributed by atoms with E-state index in [-0.39, 0.29) is 0 Å². The Kier molecular flexibility index (Phi) is 2.79. The fraction of sp³-hybridized carbons (Fsp3) is 0.143. The first kappa shape index (κ1) is 11.5. The molecule has 5 heteroatoms. The topological polar surface area (TPSA) is 65.4 Å². The largest absolute Gasteiger partial charge is 0.497 e. The lowest BCUT2D eigenvalue weighted by Crippen LogP contribution is -1.97. The van der Waals surface area contributed by atoms with Crippen LogP contribution in [0, 0.1) is 0 Å². The first-order valence-electron chi connectivity index (χ1n) is 5.98. The van der Waals surface area contributed by atoms with Crippen molar-refractivity contribution in [2.24, 2.45) is 0 Å². The van der Waals surface area contributed by atoms with E-state index >= 15 is 0 Å². The highest BCUT2D eigenvalue weighted by Gasteiger charge is 2.07. The van der Waals surface area contributed by atoms with Gasteiger partial charge in [-0.2, -0.15) is 0 Å². The molecule has 0 saturated carbocycles. The number of nitrogens with zero attached hydrogens (tertiary/aromatic N) is 3. The van der Waals surface area contributed by atoms with Crippen LogP contribution in [0.5, 0.6) is 5.75 Å². The molecule has 0 aliphatic rings. The fourth-order valence-corrected chi connectivity index (χ4v) is 2.04. The van der Waals surface area contributed by atoms with Gasteiger partial charge in [0, 0.05) is 24.4 Å².